The van der Waals surface area contributed by atoms with Gasteiger partial charge < -0.3 is 10.2 Å². The van der Waals surface area contributed by atoms with E-state index in [0.29, 0.717) is 16.6 Å². The van der Waals surface area contributed by atoms with Crippen molar-refractivity contribution in [3.8, 4) is 0 Å². The quantitative estimate of drug-likeness (QED) is 0.910. The van der Waals surface area contributed by atoms with Gasteiger partial charge in [0.15, 0.2) is 0 Å². The number of anilines is 2. The number of nitrogens with one attached hydrogen (secondary N) is 2. The molecule has 1 aromatic heterocycles. The lowest BCUT2D eigenvalue weighted by molar-refractivity contribution is 0.101. The molecule has 0 radical (unpaired) electrons. The predicted molar refractivity (Wildman–Crippen MR) is 82.1 cm³/mol. The Labute approximate surface area is 127 Å². The highest BCUT2D eigenvalue weighted by atomic mass is 35.5. The Morgan fingerprint density at radius 2 is 2.19 bits per heavy atom. The van der Waals surface area contributed by atoms with Crippen LogP contribution < -0.4 is 10.2 Å². The number of aromatic amines is 1. The summed E-state index contributed by atoms with van der Waals surface area (Å²) < 4.78 is 0. The van der Waals surface area contributed by atoms with Gasteiger partial charge in [0.1, 0.15) is 5.82 Å². The summed E-state index contributed by atoms with van der Waals surface area (Å²) in [5.74, 6) is 1.03. The third-order valence-corrected chi connectivity index (χ3v) is 3.66. The minimum atomic E-state index is -0.344. The molecule has 1 aliphatic carbocycles. The molecule has 0 atom stereocenters. The van der Waals surface area contributed by atoms with Crippen LogP contribution in [0.25, 0.3) is 0 Å². The molecule has 1 saturated carbocycles. The Balaban J connectivity index is 1.82. The molecule has 0 bridgehead atoms. The van der Waals surface area contributed by atoms with Crippen molar-refractivity contribution in [3.63, 3.8) is 0 Å². The summed E-state index contributed by atoms with van der Waals surface area (Å²) in [6.45, 7) is 0. The van der Waals surface area contributed by atoms with Crippen molar-refractivity contribution in [2.24, 2.45) is 0 Å². The van der Waals surface area contributed by atoms with Gasteiger partial charge in [0.2, 0.25) is 5.82 Å². The van der Waals surface area contributed by atoms with Crippen molar-refractivity contribution in [1.82, 2.24) is 15.2 Å². The molecule has 1 fully saturated rings. The molecule has 0 saturated heterocycles. The van der Waals surface area contributed by atoms with Crippen LogP contribution in [0, 0.1) is 0 Å². The predicted octanol–water partition coefficient (Wildman–Crippen LogP) is 2.65. The Kier molecular flexibility index (Phi) is 3.55. The van der Waals surface area contributed by atoms with Crippen LogP contribution in [0.1, 0.15) is 35.2 Å². The van der Waals surface area contributed by atoms with Gasteiger partial charge in [-0.25, -0.2) is 4.98 Å². The summed E-state index contributed by atoms with van der Waals surface area (Å²) in [6, 6.07) is 5.37. The topological polar surface area (TPSA) is 73.9 Å². The fraction of sp³-hybridized carbons (Fsp3) is 0.357. The molecule has 2 N–H and O–H groups in total. The molecule has 110 valence electrons. The number of aromatic nitrogens is 3. The first-order chi connectivity index (χ1) is 10.1. The Hall–Kier alpha value is -2.08. The smallest absolute Gasteiger partial charge is 0.295 e. The third-order valence-electron chi connectivity index (χ3n) is 3.35. The maximum absolute atomic E-state index is 12.2. The highest BCUT2D eigenvalue weighted by Gasteiger charge is 2.28. The van der Waals surface area contributed by atoms with E-state index >= 15 is 0 Å². The molecule has 1 aromatic carbocycles. The number of hydrogen-bond donors (Lipinski definition) is 2. The first kappa shape index (κ1) is 13.9. The highest BCUT2D eigenvalue weighted by Crippen LogP contribution is 2.38. The van der Waals surface area contributed by atoms with Gasteiger partial charge in [-0.15, -0.1) is 5.10 Å². The summed E-state index contributed by atoms with van der Waals surface area (Å²) in [5, 5.41) is 10.2. The van der Waals surface area contributed by atoms with Crippen LogP contribution in [-0.2, 0) is 0 Å². The minimum absolute atomic E-state index is 0.154. The third kappa shape index (κ3) is 2.85. The van der Waals surface area contributed by atoms with Gasteiger partial charge in [-0.1, -0.05) is 17.7 Å². The van der Waals surface area contributed by atoms with Crippen LogP contribution in [0.15, 0.2) is 18.2 Å². The summed E-state index contributed by atoms with van der Waals surface area (Å²) in [6.07, 6.45) is 2.21. The lowest BCUT2D eigenvalue weighted by Crippen LogP contribution is -2.18. The molecule has 1 amide bonds. The first-order valence-electron chi connectivity index (χ1n) is 6.75. The Bertz CT molecular complexity index is 678. The molecular weight excluding hydrogens is 290 g/mol. The molecule has 3 rings (SSSR count). The number of halogens is 1. The van der Waals surface area contributed by atoms with Crippen molar-refractivity contribution >= 4 is 28.9 Å². The van der Waals surface area contributed by atoms with E-state index in [1.807, 2.05) is 19.0 Å². The zero-order valence-corrected chi connectivity index (χ0v) is 12.6. The molecule has 2 aromatic rings. The van der Waals surface area contributed by atoms with Crippen LogP contribution in [0.4, 0.5) is 11.4 Å². The van der Waals surface area contributed by atoms with Crippen molar-refractivity contribution in [1.29, 1.82) is 0 Å². The lowest BCUT2D eigenvalue weighted by atomic mass is 10.2. The normalized spacial score (nSPS) is 14.0. The molecule has 1 heterocycles. The fourth-order valence-electron chi connectivity index (χ4n) is 2.16. The second-order valence-electron chi connectivity index (χ2n) is 5.30. The zero-order valence-electron chi connectivity index (χ0n) is 11.9. The van der Waals surface area contributed by atoms with Crippen molar-refractivity contribution in [3.05, 3.63) is 34.9 Å². The van der Waals surface area contributed by atoms with Crippen LogP contribution in [-0.4, -0.2) is 35.2 Å². The SMILES string of the molecule is CN(C)c1c(Cl)cccc1NC(=O)c1n[nH]c(C2CC2)n1. The van der Waals surface area contributed by atoms with Crippen molar-refractivity contribution in [2.75, 3.05) is 24.3 Å². The number of hydrogen-bond acceptors (Lipinski definition) is 4. The molecule has 21 heavy (non-hydrogen) atoms. The summed E-state index contributed by atoms with van der Waals surface area (Å²) in [5.41, 5.74) is 1.39. The molecule has 6 nitrogen and oxygen atoms in total. The number of para-hydroxylation sites is 1. The van der Waals surface area contributed by atoms with E-state index in [-0.39, 0.29) is 11.7 Å². The summed E-state index contributed by atoms with van der Waals surface area (Å²) >= 11 is 6.18. The van der Waals surface area contributed by atoms with Crippen molar-refractivity contribution in [2.45, 2.75) is 18.8 Å². The van der Waals surface area contributed by atoms with Gasteiger partial charge in [0, 0.05) is 20.0 Å². The zero-order chi connectivity index (χ0) is 15.0. The van der Waals surface area contributed by atoms with E-state index in [2.05, 4.69) is 20.5 Å². The maximum atomic E-state index is 12.2. The number of carbonyl (C=O) groups is 1. The summed E-state index contributed by atoms with van der Waals surface area (Å²) in [4.78, 5) is 18.3. The first-order valence-corrected chi connectivity index (χ1v) is 7.13. The Morgan fingerprint density at radius 1 is 1.43 bits per heavy atom. The fourth-order valence-corrected chi connectivity index (χ4v) is 2.51. The maximum Gasteiger partial charge on any atom is 0.295 e. The van der Waals surface area contributed by atoms with Gasteiger partial charge in [0.05, 0.1) is 16.4 Å². The molecule has 0 aliphatic heterocycles. The van der Waals surface area contributed by atoms with E-state index in [4.69, 9.17) is 11.6 Å². The van der Waals surface area contributed by atoms with Gasteiger partial charge in [-0.3, -0.25) is 9.89 Å². The van der Waals surface area contributed by atoms with Crippen molar-refractivity contribution < 1.29 is 4.79 Å². The minimum Gasteiger partial charge on any atom is -0.375 e. The standard InChI is InChI=1S/C14H16ClN5O/c1-20(2)11-9(15)4-3-5-10(11)16-14(21)13-17-12(18-19-13)8-6-7-8/h3-5,8H,6-7H2,1-2H3,(H,16,21)(H,17,18,19). The number of benzene rings is 1. The summed E-state index contributed by atoms with van der Waals surface area (Å²) in [7, 11) is 3.74. The van der Waals surface area contributed by atoms with E-state index in [1.54, 1.807) is 18.2 Å². The number of H-pyrrole nitrogens is 1. The average Bonchev–Trinajstić information content (AvgIpc) is 3.16. The highest BCUT2D eigenvalue weighted by molar-refractivity contribution is 6.34. The van der Waals surface area contributed by atoms with E-state index in [9.17, 15) is 4.79 Å². The second kappa shape index (κ2) is 5.37. The average molecular weight is 306 g/mol. The van der Waals surface area contributed by atoms with Gasteiger partial charge in [-0.05, 0) is 25.0 Å². The number of nitrogens with zero attached hydrogens (tertiary/aromatic N) is 3. The molecule has 0 unspecified atom stereocenters. The molecule has 7 heteroatoms. The van der Waals surface area contributed by atoms with Crippen LogP contribution in [0.5, 0.6) is 0 Å². The van der Waals surface area contributed by atoms with E-state index in [0.717, 1.165) is 24.4 Å². The lowest BCUT2D eigenvalue weighted by Gasteiger charge is -2.18. The number of amides is 1. The van der Waals surface area contributed by atoms with Gasteiger partial charge in [-0.2, -0.15) is 0 Å². The second-order valence-corrected chi connectivity index (χ2v) is 5.71. The molecular formula is C14H16ClN5O. The van der Waals surface area contributed by atoms with Gasteiger partial charge >= 0.3 is 0 Å². The van der Waals surface area contributed by atoms with Crippen LogP contribution in [0.2, 0.25) is 5.02 Å². The monoisotopic (exact) mass is 305 g/mol. The molecule has 0 spiro atoms. The van der Waals surface area contributed by atoms with Gasteiger partial charge in [0.25, 0.3) is 5.91 Å². The Morgan fingerprint density at radius 3 is 2.86 bits per heavy atom. The van der Waals surface area contributed by atoms with Crippen LogP contribution in [0.3, 0.4) is 0 Å². The largest absolute Gasteiger partial charge is 0.375 e. The van der Waals surface area contributed by atoms with E-state index < -0.39 is 0 Å². The molecule has 1 aliphatic rings. The van der Waals surface area contributed by atoms with E-state index in [1.165, 1.54) is 0 Å². The number of rotatable bonds is 4. The number of carbonyl (C=O) groups excluding carboxylic acids is 1. The van der Waals surface area contributed by atoms with Crippen LogP contribution >= 0.6 is 11.6 Å².